The second-order valence-corrected chi connectivity index (χ2v) is 8.89. The van der Waals surface area contributed by atoms with Gasteiger partial charge in [0.1, 0.15) is 11.6 Å². The van der Waals surface area contributed by atoms with Gasteiger partial charge in [0, 0.05) is 41.8 Å². The van der Waals surface area contributed by atoms with E-state index in [9.17, 15) is 4.79 Å². The Hall–Kier alpha value is -2.99. The molecule has 0 aliphatic carbocycles. The van der Waals surface area contributed by atoms with Crippen LogP contribution in [0.3, 0.4) is 0 Å². The Morgan fingerprint density at radius 3 is 2.66 bits per heavy atom. The molecule has 2 aromatic heterocycles. The van der Waals surface area contributed by atoms with Crippen LogP contribution in [0.5, 0.6) is 0 Å². The van der Waals surface area contributed by atoms with Crippen LogP contribution < -0.4 is 5.32 Å². The third kappa shape index (κ3) is 5.62. The first-order chi connectivity index (χ1) is 15.5. The van der Waals surface area contributed by atoms with Gasteiger partial charge in [-0.2, -0.15) is 0 Å². The number of rotatable bonds is 6. The maximum atomic E-state index is 13.0. The van der Waals surface area contributed by atoms with Gasteiger partial charge in [0.15, 0.2) is 0 Å². The molecule has 1 N–H and O–H groups in total. The molecule has 1 aromatic carbocycles. The fourth-order valence-corrected chi connectivity index (χ4v) is 4.41. The van der Waals surface area contributed by atoms with Crippen LogP contribution in [0.2, 0.25) is 5.02 Å². The molecule has 0 spiro atoms. The number of aromatic nitrogens is 3. The molecule has 1 amide bonds. The van der Waals surface area contributed by atoms with E-state index in [0.717, 1.165) is 48.7 Å². The highest BCUT2D eigenvalue weighted by atomic mass is 35.5. The average molecular weight is 450 g/mol. The first-order valence-corrected chi connectivity index (χ1v) is 11.4. The maximum absolute atomic E-state index is 13.0. The monoisotopic (exact) mass is 449 g/mol. The summed E-state index contributed by atoms with van der Waals surface area (Å²) >= 11 is 6.08. The van der Waals surface area contributed by atoms with E-state index in [2.05, 4.69) is 15.3 Å². The van der Waals surface area contributed by atoms with Crippen LogP contribution in [0.25, 0.3) is 0 Å². The number of benzene rings is 1. The number of pyridine rings is 1. The first-order valence-electron chi connectivity index (χ1n) is 11.0. The van der Waals surface area contributed by atoms with Crippen LogP contribution in [0.15, 0.2) is 54.9 Å². The second kappa shape index (κ2) is 10.1. The number of piperidine rings is 1. The average Bonchev–Trinajstić information content (AvgIpc) is 2.79. The Morgan fingerprint density at radius 2 is 1.91 bits per heavy atom. The Morgan fingerprint density at radius 1 is 1.12 bits per heavy atom. The Bertz CT molecular complexity index is 1080. The van der Waals surface area contributed by atoms with Crippen LogP contribution in [-0.2, 0) is 11.2 Å². The topological polar surface area (TPSA) is 71.0 Å². The molecule has 1 aliphatic heterocycles. The number of carbonyl (C=O) groups excluding carboxylic acids is 1. The van der Waals surface area contributed by atoms with Crippen molar-refractivity contribution in [2.45, 2.75) is 39.0 Å². The number of carbonyl (C=O) groups is 1. The number of halogens is 1. The van der Waals surface area contributed by atoms with Crippen LogP contribution in [0.4, 0.5) is 11.6 Å². The van der Waals surface area contributed by atoms with Crippen LogP contribution in [-0.4, -0.2) is 38.8 Å². The quantitative estimate of drug-likeness (QED) is 0.562. The van der Waals surface area contributed by atoms with E-state index >= 15 is 0 Å². The molecule has 0 radical (unpaired) electrons. The van der Waals surface area contributed by atoms with E-state index in [1.54, 1.807) is 6.20 Å². The van der Waals surface area contributed by atoms with Gasteiger partial charge in [-0.05, 0) is 56.0 Å². The second-order valence-electron chi connectivity index (χ2n) is 8.45. The lowest BCUT2D eigenvalue weighted by Crippen LogP contribution is -2.41. The summed E-state index contributed by atoms with van der Waals surface area (Å²) in [4.78, 5) is 28.5. The van der Waals surface area contributed by atoms with Gasteiger partial charge < -0.3 is 10.2 Å². The van der Waals surface area contributed by atoms with E-state index in [0.29, 0.717) is 23.2 Å². The molecule has 1 fully saturated rings. The van der Waals surface area contributed by atoms with Crippen molar-refractivity contribution in [1.29, 1.82) is 0 Å². The molecule has 1 atom stereocenters. The summed E-state index contributed by atoms with van der Waals surface area (Å²) in [6.45, 7) is 5.43. The number of anilines is 2. The number of nitrogens with zero attached hydrogens (tertiary/aromatic N) is 4. The predicted octanol–water partition coefficient (Wildman–Crippen LogP) is 5.16. The molecule has 1 saturated heterocycles. The van der Waals surface area contributed by atoms with Crippen molar-refractivity contribution < 1.29 is 4.79 Å². The highest BCUT2D eigenvalue weighted by Crippen LogP contribution is 2.28. The number of hydrogen-bond donors (Lipinski definition) is 1. The van der Waals surface area contributed by atoms with Crippen molar-refractivity contribution >= 4 is 29.1 Å². The number of aryl methyl sites for hydroxylation is 1. The van der Waals surface area contributed by atoms with E-state index in [1.165, 1.54) is 0 Å². The van der Waals surface area contributed by atoms with Gasteiger partial charge in [0.25, 0.3) is 0 Å². The van der Waals surface area contributed by atoms with Gasteiger partial charge in [-0.25, -0.2) is 9.97 Å². The van der Waals surface area contributed by atoms with E-state index in [1.807, 2.05) is 67.4 Å². The number of likely N-dealkylation sites (tertiary alicyclic amines) is 1. The summed E-state index contributed by atoms with van der Waals surface area (Å²) in [5.41, 5.74) is 3.00. The first kappa shape index (κ1) is 22.2. The van der Waals surface area contributed by atoms with Gasteiger partial charge in [-0.3, -0.25) is 9.78 Å². The Balaban J connectivity index is 1.33. The summed E-state index contributed by atoms with van der Waals surface area (Å²) in [6.07, 6.45) is 6.01. The van der Waals surface area contributed by atoms with Crippen LogP contribution in [0.1, 0.15) is 42.6 Å². The minimum Gasteiger partial charge on any atom is -0.342 e. The fraction of sp³-hybridized carbons (Fsp3) is 0.360. The molecule has 0 bridgehead atoms. The molecule has 3 heterocycles. The van der Waals surface area contributed by atoms with Gasteiger partial charge in [0.05, 0.1) is 11.9 Å². The predicted molar refractivity (Wildman–Crippen MR) is 127 cm³/mol. The zero-order valence-corrected chi connectivity index (χ0v) is 19.2. The SMILES string of the molecule is Cc1cccc(Nc2cncc(C3CCN(C(=O)[C@H](C)Cc4cccc(Cl)c4)CC3)n2)n1. The molecule has 0 unspecified atom stereocenters. The van der Waals surface area contributed by atoms with Crippen molar-refractivity contribution in [3.63, 3.8) is 0 Å². The van der Waals surface area contributed by atoms with Gasteiger partial charge in [-0.1, -0.05) is 36.7 Å². The summed E-state index contributed by atoms with van der Waals surface area (Å²) < 4.78 is 0. The molecule has 3 aromatic rings. The smallest absolute Gasteiger partial charge is 0.225 e. The van der Waals surface area contributed by atoms with E-state index in [-0.39, 0.29) is 11.8 Å². The highest BCUT2D eigenvalue weighted by Gasteiger charge is 2.27. The minimum atomic E-state index is -0.0702. The van der Waals surface area contributed by atoms with Crippen molar-refractivity contribution in [3.8, 4) is 0 Å². The van der Waals surface area contributed by atoms with E-state index < -0.39 is 0 Å². The summed E-state index contributed by atoms with van der Waals surface area (Å²) in [7, 11) is 0. The highest BCUT2D eigenvalue weighted by molar-refractivity contribution is 6.30. The molecular formula is C25H28ClN5O. The third-order valence-corrected chi connectivity index (χ3v) is 6.11. The van der Waals surface area contributed by atoms with Crippen molar-refractivity contribution in [2.24, 2.45) is 5.92 Å². The van der Waals surface area contributed by atoms with E-state index in [4.69, 9.17) is 16.6 Å². The van der Waals surface area contributed by atoms with Gasteiger partial charge in [-0.15, -0.1) is 0 Å². The standard InChI is InChI=1S/C25H28ClN5O/c1-17(13-19-6-4-7-21(26)14-19)25(32)31-11-9-20(10-12-31)22-15-27-16-24(29-22)30-23-8-3-5-18(2)28-23/h3-8,14-17,20H,9-13H2,1-2H3,(H,28,29,30)/t17-/m1/s1. The molecule has 166 valence electrons. The molecule has 32 heavy (non-hydrogen) atoms. The lowest BCUT2D eigenvalue weighted by molar-refractivity contribution is -0.136. The minimum absolute atomic E-state index is 0.0702. The zero-order chi connectivity index (χ0) is 22.5. The lowest BCUT2D eigenvalue weighted by atomic mass is 9.92. The largest absolute Gasteiger partial charge is 0.342 e. The molecule has 4 rings (SSSR count). The fourth-order valence-electron chi connectivity index (χ4n) is 4.19. The molecule has 7 heteroatoms. The number of hydrogen-bond acceptors (Lipinski definition) is 5. The molecular weight excluding hydrogens is 422 g/mol. The maximum Gasteiger partial charge on any atom is 0.225 e. The Labute approximate surface area is 194 Å². The summed E-state index contributed by atoms with van der Waals surface area (Å²) in [6, 6.07) is 13.6. The third-order valence-electron chi connectivity index (χ3n) is 5.88. The lowest BCUT2D eigenvalue weighted by Gasteiger charge is -2.33. The molecule has 0 saturated carbocycles. The molecule has 1 aliphatic rings. The summed E-state index contributed by atoms with van der Waals surface area (Å²) in [5, 5.41) is 3.94. The number of nitrogens with one attached hydrogen (secondary N) is 1. The van der Waals surface area contributed by atoms with Crippen molar-refractivity contribution in [3.05, 3.63) is 76.8 Å². The molecule has 6 nitrogen and oxygen atoms in total. The zero-order valence-electron chi connectivity index (χ0n) is 18.5. The van der Waals surface area contributed by atoms with Crippen LogP contribution in [0, 0.1) is 12.8 Å². The van der Waals surface area contributed by atoms with Crippen molar-refractivity contribution in [2.75, 3.05) is 18.4 Å². The van der Waals surface area contributed by atoms with Crippen LogP contribution >= 0.6 is 11.6 Å². The summed E-state index contributed by atoms with van der Waals surface area (Å²) in [5.74, 6) is 1.87. The number of amides is 1. The normalized spacial score (nSPS) is 15.4. The Kier molecular flexibility index (Phi) is 7.00. The van der Waals surface area contributed by atoms with Crippen molar-refractivity contribution in [1.82, 2.24) is 19.9 Å². The van der Waals surface area contributed by atoms with Gasteiger partial charge in [0.2, 0.25) is 5.91 Å². The van der Waals surface area contributed by atoms with Gasteiger partial charge >= 0.3 is 0 Å².